The Morgan fingerprint density at radius 1 is 1.35 bits per heavy atom. The van der Waals surface area contributed by atoms with E-state index in [-0.39, 0.29) is 29.9 Å². The molecular weight excluding hydrogens is 364 g/mol. The van der Waals surface area contributed by atoms with Gasteiger partial charge in [-0.25, -0.2) is 13.8 Å². The van der Waals surface area contributed by atoms with Crippen molar-refractivity contribution >= 4 is 17.2 Å². The second-order valence-electron chi connectivity index (χ2n) is 5.57. The molecule has 0 saturated carbocycles. The van der Waals surface area contributed by atoms with E-state index in [1.807, 2.05) is 19.2 Å². The largest absolute Gasteiger partial charge is 0.485 e. The number of nitrogens with one attached hydrogen (secondary N) is 1. The van der Waals surface area contributed by atoms with E-state index >= 15 is 0 Å². The van der Waals surface area contributed by atoms with Gasteiger partial charge in [0.1, 0.15) is 17.4 Å². The molecule has 1 aromatic carbocycles. The van der Waals surface area contributed by atoms with Crippen LogP contribution in [0.5, 0.6) is 5.75 Å². The van der Waals surface area contributed by atoms with Crippen LogP contribution < -0.4 is 10.1 Å². The summed E-state index contributed by atoms with van der Waals surface area (Å²) in [5.74, 6) is -1.96. The third-order valence-electron chi connectivity index (χ3n) is 3.42. The Morgan fingerprint density at radius 2 is 2.15 bits per heavy atom. The molecular formula is C17H15F2N3O3S. The highest BCUT2D eigenvalue weighted by atomic mass is 32.1. The monoisotopic (exact) mass is 379 g/mol. The van der Waals surface area contributed by atoms with Crippen molar-refractivity contribution < 1.29 is 22.8 Å². The number of carbonyl (C=O) groups excluding carboxylic acids is 1. The van der Waals surface area contributed by atoms with E-state index in [1.54, 1.807) is 0 Å². The van der Waals surface area contributed by atoms with E-state index in [0.29, 0.717) is 0 Å². The number of thiazole rings is 1. The number of nitrogens with zero attached hydrogens (tertiary/aromatic N) is 2. The van der Waals surface area contributed by atoms with E-state index in [2.05, 4.69) is 15.5 Å². The van der Waals surface area contributed by atoms with Gasteiger partial charge in [0.25, 0.3) is 5.91 Å². The Bertz CT molecular complexity index is 926. The van der Waals surface area contributed by atoms with Crippen LogP contribution in [-0.4, -0.2) is 16.0 Å². The third-order valence-corrected chi connectivity index (χ3v) is 4.56. The predicted octanol–water partition coefficient (Wildman–Crippen LogP) is 3.79. The minimum atomic E-state index is -1.01. The second-order valence-corrected chi connectivity index (χ2v) is 6.46. The Hall–Kier alpha value is -2.81. The molecule has 0 radical (unpaired) electrons. The number of aryl methyl sites for hydroxylation is 1. The van der Waals surface area contributed by atoms with Crippen molar-refractivity contribution in [3.8, 4) is 5.75 Å². The van der Waals surface area contributed by atoms with Crippen molar-refractivity contribution in [1.29, 1.82) is 0 Å². The van der Waals surface area contributed by atoms with Crippen LogP contribution in [0.3, 0.4) is 0 Å². The SMILES string of the molecule is Cc1csc([C@H](C)NC(=O)c2cc(COc3ccc(F)c(F)c3)on2)n1. The number of halogens is 2. The van der Waals surface area contributed by atoms with Crippen LogP contribution in [0.2, 0.25) is 0 Å². The zero-order valence-electron chi connectivity index (χ0n) is 14.0. The summed E-state index contributed by atoms with van der Waals surface area (Å²) in [6, 6.07) is 4.34. The average Bonchev–Trinajstić information content (AvgIpc) is 3.25. The lowest BCUT2D eigenvalue weighted by atomic mass is 10.3. The number of aromatic nitrogens is 2. The maximum Gasteiger partial charge on any atom is 0.274 e. The summed E-state index contributed by atoms with van der Waals surface area (Å²) in [5, 5.41) is 9.17. The number of carbonyl (C=O) groups is 1. The van der Waals surface area contributed by atoms with Crippen LogP contribution in [-0.2, 0) is 6.61 Å². The minimum absolute atomic E-state index is 0.0768. The number of amides is 1. The fourth-order valence-corrected chi connectivity index (χ4v) is 2.92. The van der Waals surface area contributed by atoms with Gasteiger partial charge in [-0.05, 0) is 26.0 Å². The van der Waals surface area contributed by atoms with E-state index < -0.39 is 17.5 Å². The highest BCUT2D eigenvalue weighted by Gasteiger charge is 2.18. The zero-order valence-corrected chi connectivity index (χ0v) is 14.8. The van der Waals surface area contributed by atoms with Gasteiger partial charge in [-0.2, -0.15) is 0 Å². The second kappa shape index (κ2) is 7.61. The minimum Gasteiger partial charge on any atom is -0.485 e. The van der Waals surface area contributed by atoms with Crippen molar-refractivity contribution in [3.05, 3.63) is 63.4 Å². The highest BCUT2D eigenvalue weighted by molar-refractivity contribution is 7.09. The molecule has 3 aromatic rings. The average molecular weight is 379 g/mol. The van der Waals surface area contributed by atoms with Crippen molar-refractivity contribution in [2.24, 2.45) is 0 Å². The molecule has 0 aliphatic rings. The number of hydrogen-bond donors (Lipinski definition) is 1. The van der Waals surface area contributed by atoms with Gasteiger partial charge in [0.2, 0.25) is 0 Å². The lowest BCUT2D eigenvalue weighted by Crippen LogP contribution is -2.26. The first-order valence-electron chi connectivity index (χ1n) is 7.68. The van der Waals surface area contributed by atoms with Crippen molar-refractivity contribution in [1.82, 2.24) is 15.5 Å². The van der Waals surface area contributed by atoms with Gasteiger partial charge < -0.3 is 14.6 Å². The summed E-state index contributed by atoms with van der Waals surface area (Å²) in [7, 11) is 0. The molecule has 1 amide bonds. The van der Waals surface area contributed by atoms with Gasteiger partial charge in [0, 0.05) is 23.2 Å². The molecule has 0 fully saturated rings. The van der Waals surface area contributed by atoms with Gasteiger partial charge in [0.05, 0.1) is 6.04 Å². The van der Waals surface area contributed by atoms with Gasteiger partial charge in [-0.1, -0.05) is 5.16 Å². The number of rotatable bonds is 6. The molecule has 0 spiro atoms. The van der Waals surface area contributed by atoms with Gasteiger partial charge in [0.15, 0.2) is 23.1 Å². The molecule has 9 heteroatoms. The summed E-state index contributed by atoms with van der Waals surface area (Å²) < 4.78 is 36.3. The zero-order chi connectivity index (χ0) is 18.7. The maximum atomic E-state index is 13.1. The molecule has 2 aromatic heterocycles. The van der Waals surface area contributed by atoms with Crippen LogP contribution in [0.25, 0.3) is 0 Å². The van der Waals surface area contributed by atoms with E-state index in [4.69, 9.17) is 9.26 Å². The molecule has 1 atom stereocenters. The van der Waals surface area contributed by atoms with E-state index in [1.165, 1.54) is 23.5 Å². The first-order valence-corrected chi connectivity index (χ1v) is 8.56. The summed E-state index contributed by atoms with van der Waals surface area (Å²) in [4.78, 5) is 16.5. The molecule has 0 aliphatic heterocycles. The molecule has 0 bridgehead atoms. The Morgan fingerprint density at radius 3 is 2.85 bits per heavy atom. The van der Waals surface area contributed by atoms with Gasteiger partial charge >= 0.3 is 0 Å². The topological polar surface area (TPSA) is 77.2 Å². The summed E-state index contributed by atoms with van der Waals surface area (Å²) in [6.07, 6.45) is 0. The lowest BCUT2D eigenvalue weighted by molar-refractivity contribution is 0.0930. The van der Waals surface area contributed by atoms with Crippen LogP contribution >= 0.6 is 11.3 Å². The third kappa shape index (κ3) is 4.23. The normalized spacial score (nSPS) is 12.0. The Balaban J connectivity index is 1.58. The molecule has 1 N–H and O–H groups in total. The van der Waals surface area contributed by atoms with Crippen LogP contribution in [0, 0.1) is 18.6 Å². The van der Waals surface area contributed by atoms with Crippen LogP contribution in [0.1, 0.15) is 39.9 Å². The molecule has 2 heterocycles. The maximum absolute atomic E-state index is 13.1. The standard InChI is InChI=1S/C17H15F2N3O3S/c1-9-8-26-17(20-9)10(2)21-16(23)15-6-12(25-22-15)7-24-11-3-4-13(18)14(19)5-11/h3-6,8,10H,7H2,1-2H3,(H,21,23)/t10-/m0/s1. The molecule has 3 rings (SSSR count). The number of ether oxygens (including phenoxy) is 1. The summed E-state index contributed by atoms with van der Waals surface area (Å²) in [5.41, 5.74) is 0.984. The highest BCUT2D eigenvalue weighted by Crippen LogP contribution is 2.19. The molecule has 0 unspecified atom stereocenters. The Kier molecular flexibility index (Phi) is 5.27. The van der Waals surface area contributed by atoms with Crippen molar-refractivity contribution in [2.45, 2.75) is 26.5 Å². The smallest absolute Gasteiger partial charge is 0.274 e. The lowest BCUT2D eigenvalue weighted by Gasteiger charge is -2.09. The fourth-order valence-electron chi connectivity index (χ4n) is 2.11. The first kappa shape index (κ1) is 18.0. The number of benzene rings is 1. The van der Waals surface area contributed by atoms with E-state index in [0.717, 1.165) is 22.8 Å². The summed E-state index contributed by atoms with van der Waals surface area (Å²) in [6.45, 7) is 3.63. The number of hydrogen-bond acceptors (Lipinski definition) is 6. The molecule has 6 nitrogen and oxygen atoms in total. The predicted molar refractivity (Wildman–Crippen MR) is 89.9 cm³/mol. The quantitative estimate of drug-likeness (QED) is 0.705. The molecule has 26 heavy (non-hydrogen) atoms. The molecule has 0 aliphatic carbocycles. The first-order chi connectivity index (χ1) is 12.4. The van der Waals surface area contributed by atoms with Crippen LogP contribution in [0.15, 0.2) is 34.2 Å². The molecule has 136 valence electrons. The van der Waals surface area contributed by atoms with Gasteiger partial charge in [-0.15, -0.1) is 11.3 Å². The van der Waals surface area contributed by atoms with Crippen LogP contribution in [0.4, 0.5) is 8.78 Å². The van der Waals surface area contributed by atoms with E-state index in [9.17, 15) is 13.6 Å². The van der Waals surface area contributed by atoms with Crippen molar-refractivity contribution in [3.63, 3.8) is 0 Å². The fraction of sp³-hybridized carbons (Fsp3) is 0.235. The Labute approximate surface area is 151 Å². The molecule has 0 saturated heterocycles. The van der Waals surface area contributed by atoms with Crippen molar-refractivity contribution in [2.75, 3.05) is 0 Å². The summed E-state index contributed by atoms with van der Waals surface area (Å²) >= 11 is 1.46. The van der Waals surface area contributed by atoms with Gasteiger partial charge in [-0.3, -0.25) is 4.79 Å².